The summed E-state index contributed by atoms with van der Waals surface area (Å²) in [5.74, 6) is 1.56. The number of benzene rings is 1. The van der Waals surface area contributed by atoms with Crippen molar-refractivity contribution < 1.29 is 8.91 Å². The van der Waals surface area contributed by atoms with E-state index in [1.807, 2.05) is 0 Å². The van der Waals surface area contributed by atoms with Gasteiger partial charge in [-0.2, -0.15) is 4.98 Å². The Morgan fingerprint density at radius 2 is 2.05 bits per heavy atom. The second-order valence-corrected chi connectivity index (χ2v) is 5.94. The van der Waals surface area contributed by atoms with Crippen LogP contribution in [0.15, 0.2) is 22.7 Å². The molecule has 0 atom stereocenters. The van der Waals surface area contributed by atoms with E-state index < -0.39 is 0 Å². The molecule has 2 N–H and O–H groups in total. The third-order valence-electron chi connectivity index (χ3n) is 4.14. The van der Waals surface area contributed by atoms with Crippen LogP contribution in [0.2, 0.25) is 5.02 Å². The standard InChI is InChI=1S/C15H17ClFN3O/c16-13-7-11(17)5-6-12(13)14-19-15(21-20-14)10-3-1-9(8-18)2-4-10/h5-7,9-10H,1-4,8,18H2. The van der Waals surface area contributed by atoms with Crippen molar-refractivity contribution in [2.24, 2.45) is 11.7 Å². The molecule has 0 radical (unpaired) electrons. The lowest BCUT2D eigenvalue weighted by atomic mass is 9.82. The van der Waals surface area contributed by atoms with Crippen molar-refractivity contribution in [1.29, 1.82) is 0 Å². The summed E-state index contributed by atoms with van der Waals surface area (Å²) in [5.41, 5.74) is 6.29. The van der Waals surface area contributed by atoms with Crippen LogP contribution in [0.3, 0.4) is 0 Å². The van der Waals surface area contributed by atoms with Gasteiger partial charge in [-0.1, -0.05) is 16.8 Å². The van der Waals surface area contributed by atoms with Crippen LogP contribution < -0.4 is 5.73 Å². The Morgan fingerprint density at radius 1 is 1.29 bits per heavy atom. The molecule has 112 valence electrons. The molecule has 0 saturated heterocycles. The molecule has 0 bridgehead atoms. The molecule has 2 aromatic rings. The van der Waals surface area contributed by atoms with Crippen molar-refractivity contribution in [2.45, 2.75) is 31.6 Å². The van der Waals surface area contributed by atoms with Gasteiger partial charge in [0.1, 0.15) is 5.82 Å². The lowest BCUT2D eigenvalue weighted by Crippen LogP contribution is -2.20. The van der Waals surface area contributed by atoms with Gasteiger partial charge in [0.2, 0.25) is 11.7 Å². The molecule has 0 unspecified atom stereocenters. The maximum Gasteiger partial charge on any atom is 0.230 e. The summed E-state index contributed by atoms with van der Waals surface area (Å²) < 4.78 is 18.4. The number of halogens is 2. The van der Waals surface area contributed by atoms with Crippen molar-refractivity contribution in [3.05, 3.63) is 34.9 Å². The summed E-state index contributed by atoms with van der Waals surface area (Å²) in [5, 5.41) is 4.26. The Morgan fingerprint density at radius 3 is 2.71 bits per heavy atom. The van der Waals surface area contributed by atoms with Crippen LogP contribution in [0.4, 0.5) is 4.39 Å². The van der Waals surface area contributed by atoms with Crippen LogP contribution >= 0.6 is 11.6 Å². The Bertz CT molecular complexity index is 623. The highest BCUT2D eigenvalue weighted by molar-refractivity contribution is 6.33. The highest BCUT2D eigenvalue weighted by atomic mass is 35.5. The van der Waals surface area contributed by atoms with Gasteiger partial charge in [0, 0.05) is 11.5 Å². The van der Waals surface area contributed by atoms with Gasteiger partial charge in [-0.3, -0.25) is 0 Å². The average Bonchev–Trinajstić information content (AvgIpc) is 2.97. The molecule has 21 heavy (non-hydrogen) atoms. The van der Waals surface area contributed by atoms with Gasteiger partial charge >= 0.3 is 0 Å². The van der Waals surface area contributed by atoms with E-state index in [0.717, 1.165) is 32.2 Å². The smallest absolute Gasteiger partial charge is 0.230 e. The van der Waals surface area contributed by atoms with Gasteiger partial charge in [-0.05, 0) is 56.3 Å². The van der Waals surface area contributed by atoms with Crippen molar-refractivity contribution in [2.75, 3.05) is 6.54 Å². The van der Waals surface area contributed by atoms with Crippen molar-refractivity contribution in [3.63, 3.8) is 0 Å². The van der Waals surface area contributed by atoms with Crippen LogP contribution in [0.5, 0.6) is 0 Å². The summed E-state index contributed by atoms with van der Waals surface area (Å²) in [6, 6.07) is 4.15. The molecule has 0 amide bonds. The Kier molecular flexibility index (Phi) is 4.22. The highest BCUT2D eigenvalue weighted by Crippen LogP contribution is 2.36. The zero-order valence-corrected chi connectivity index (χ0v) is 12.3. The minimum absolute atomic E-state index is 0.285. The molecule has 1 aromatic heterocycles. The second-order valence-electron chi connectivity index (χ2n) is 5.53. The minimum atomic E-state index is -0.382. The van der Waals surface area contributed by atoms with Crippen LogP contribution in [0.25, 0.3) is 11.4 Å². The number of hydrogen-bond donors (Lipinski definition) is 1. The predicted octanol–water partition coefficient (Wildman–Crippen LogP) is 3.76. The predicted molar refractivity (Wildman–Crippen MR) is 78.5 cm³/mol. The van der Waals surface area contributed by atoms with Gasteiger partial charge in [0.15, 0.2) is 0 Å². The van der Waals surface area contributed by atoms with E-state index in [0.29, 0.717) is 23.2 Å². The third kappa shape index (κ3) is 3.09. The SMILES string of the molecule is NCC1CCC(c2nc(-c3ccc(F)cc3Cl)no2)CC1. The van der Waals surface area contributed by atoms with E-state index in [2.05, 4.69) is 10.1 Å². The lowest BCUT2D eigenvalue weighted by Gasteiger charge is -2.24. The zero-order valence-electron chi connectivity index (χ0n) is 11.6. The van der Waals surface area contributed by atoms with E-state index in [1.54, 1.807) is 6.07 Å². The lowest BCUT2D eigenvalue weighted by molar-refractivity contribution is 0.275. The maximum absolute atomic E-state index is 13.1. The van der Waals surface area contributed by atoms with Crippen LogP contribution in [-0.2, 0) is 0 Å². The Labute approximate surface area is 127 Å². The molecule has 1 aliphatic carbocycles. The molecule has 1 heterocycles. The molecule has 1 saturated carbocycles. The number of hydrogen-bond acceptors (Lipinski definition) is 4. The number of nitrogens with zero attached hydrogens (tertiary/aromatic N) is 2. The van der Waals surface area contributed by atoms with E-state index >= 15 is 0 Å². The minimum Gasteiger partial charge on any atom is -0.339 e. The Balaban J connectivity index is 1.77. The van der Waals surface area contributed by atoms with Crippen LogP contribution in [-0.4, -0.2) is 16.7 Å². The first kappa shape index (κ1) is 14.5. The molecular weight excluding hydrogens is 293 g/mol. The van der Waals surface area contributed by atoms with Gasteiger partial charge in [-0.15, -0.1) is 0 Å². The number of aromatic nitrogens is 2. The summed E-state index contributed by atoms with van der Waals surface area (Å²) >= 11 is 6.02. The molecular formula is C15H17ClFN3O. The van der Waals surface area contributed by atoms with E-state index in [4.69, 9.17) is 21.9 Å². The molecule has 3 rings (SSSR count). The Hall–Kier alpha value is -1.46. The quantitative estimate of drug-likeness (QED) is 0.937. The molecule has 1 aromatic carbocycles. The highest BCUT2D eigenvalue weighted by Gasteiger charge is 2.26. The van der Waals surface area contributed by atoms with Crippen molar-refractivity contribution in [1.82, 2.24) is 10.1 Å². The average molecular weight is 310 g/mol. The molecule has 1 aliphatic rings. The zero-order chi connectivity index (χ0) is 14.8. The first-order chi connectivity index (χ1) is 10.2. The van der Waals surface area contributed by atoms with E-state index in [1.165, 1.54) is 12.1 Å². The van der Waals surface area contributed by atoms with Gasteiger partial charge in [-0.25, -0.2) is 4.39 Å². The van der Waals surface area contributed by atoms with Crippen molar-refractivity contribution >= 4 is 11.6 Å². The molecule has 4 nitrogen and oxygen atoms in total. The van der Waals surface area contributed by atoms with E-state index in [9.17, 15) is 4.39 Å². The summed E-state index contributed by atoms with van der Waals surface area (Å²) in [4.78, 5) is 4.43. The molecule has 0 aliphatic heterocycles. The normalized spacial score (nSPS) is 22.4. The van der Waals surface area contributed by atoms with Gasteiger partial charge < -0.3 is 10.3 Å². The fourth-order valence-electron chi connectivity index (χ4n) is 2.83. The summed E-state index contributed by atoms with van der Waals surface area (Å²) in [6.07, 6.45) is 4.22. The topological polar surface area (TPSA) is 64.9 Å². The number of rotatable bonds is 3. The fraction of sp³-hybridized carbons (Fsp3) is 0.467. The van der Waals surface area contributed by atoms with Gasteiger partial charge in [0.05, 0.1) is 5.02 Å². The first-order valence-corrected chi connectivity index (χ1v) is 7.54. The van der Waals surface area contributed by atoms with Crippen LogP contribution in [0, 0.1) is 11.7 Å². The largest absolute Gasteiger partial charge is 0.339 e. The third-order valence-corrected chi connectivity index (χ3v) is 4.46. The van der Waals surface area contributed by atoms with Crippen LogP contribution in [0.1, 0.15) is 37.5 Å². The summed E-state index contributed by atoms with van der Waals surface area (Å²) in [7, 11) is 0. The van der Waals surface area contributed by atoms with E-state index in [-0.39, 0.29) is 16.8 Å². The number of nitrogens with two attached hydrogens (primary N) is 1. The second kappa shape index (κ2) is 6.12. The first-order valence-electron chi connectivity index (χ1n) is 7.16. The maximum atomic E-state index is 13.1. The molecule has 1 fully saturated rings. The fourth-order valence-corrected chi connectivity index (χ4v) is 3.08. The van der Waals surface area contributed by atoms with Gasteiger partial charge in [0.25, 0.3) is 0 Å². The molecule has 6 heteroatoms. The summed E-state index contributed by atoms with van der Waals surface area (Å²) in [6.45, 7) is 0.743. The van der Waals surface area contributed by atoms with Crippen molar-refractivity contribution in [3.8, 4) is 11.4 Å². The molecule has 0 spiro atoms. The monoisotopic (exact) mass is 309 g/mol.